The van der Waals surface area contributed by atoms with Crippen LogP contribution >= 0.6 is 11.8 Å². The summed E-state index contributed by atoms with van der Waals surface area (Å²) in [6.45, 7) is 1.86. The molecule has 1 N–H and O–H groups in total. The lowest BCUT2D eigenvalue weighted by Gasteiger charge is -2.15. The first-order valence-corrected chi connectivity index (χ1v) is 5.81. The lowest BCUT2D eigenvalue weighted by molar-refractivity contribution is -0.138. The Balaban J connectivity index is 1.97. The van der Waals surface area contributed by atoms with Crippen molar-refractivity contribution in [1.82, 2.24) is 4.90 Å². The molecule has 0 aliphatic carbocycles. The number of carboxylic acids is 1. The fraction of sp³-hybridized carbons (Fsp3) is 0.667. The molecule has 2 heterocycles. The Morgan fingerprint density at radius 3 is 2.80 bits per heavy atom. The average Bonchev–Trinajstić information content (AvgIpc) is 2.75. The highest BCUT2D eigenvalue weighted by molar-refractivity contribution is 8.15. The molecule has 0 bridgehead atoms. The molecule has 15 heavy (non-hydrogen) atoms. The predicted molar refractivity (Wildman–Crippen MR) is 56.9 cm³/mol. The summed E-state index contributed by atoms with van der Waals surface area (Å²) in [4.78, 5) is 27.8. The highest BCUT2D eigenvalue weighted by Gasteiger charge is 2.33. The second kappa shape index (κ2) is 4.22. The molecule has 82 valence electrons. The Labute approximate surface area is 91.5 Å². The van der Waals surface area contributed by atoms with E-state index in [9.17, 15) is 9.59 Å². The van der Waals surface area contributed by atoms with Gasteiger partial charge in [0.25, 0.3) is 5.91 Å². The van der Waals surface area contributed by atoms with Crippen LogP contribution in [0.5, 0.6) is 0 Å². The highest BCUT2D eigenvalue weighted by Crippen LogP contribution is 2.28. The Bertz CT molecular complexity index is 323. The maximum absolute atomic E-state index is 11.4. The number of carbonyl (C=O) groups is 2. The van der Waals surface area contributed by atoms with Crippen LogP contribution in [0.1, 0.15) is 19.3 Å². The van der Waals surface area contributed by atoms with Crippen molar-refractivity contribution >= 4 is 28.8 Å². The van der Waals surface area contributed by atoms with E-state index in [2.05, 4.69) is 9.89 Å². The zero-order valence-electron chi connectivity index (χ0n) is 8.18. The fourth-order valence-electron chi connectivity index (χ4n) is 1.71. The summed E-state index contributed by atoms with van der Waals surface area (Å²) in [7, 11) is 0. The molecule has 0 spiro atoms. The molecule has 2 aliphatic heterocycles. The third-order valence-corrected chi connectivity index (χ3v) is 3.68. The van der Waals surface area contributed by atoms with E-state index in [1.807, 2.05) is 0 Å². The molecule has 1 amide bonds. The van der Waals surface area contributed by atoms with Crippen LogP contribution < -0.4 is 0 Å². The number of aliphatic carboxylic acids is 1. The molecule has 1 atom stereocenters. The number of carboxylic acid groups (broad SMARTS) is 1. The van der Waals surface area contributed by atoms with Gasteiger partial charge in [-0.3, -0.25) is 9.59 Å². The largest absolute Gasteiger partial charge is 0.481 e. The molecular formula is C9H12N2O3S. The van der Waals surface area contributed by atoms with Gasteiger partial charge in [0.2, 0.25) is 0 Å². The van der Waals surface area contributed by atoms with Crippen LogP contribution in [-0.2, 0) is 9.59 Å². The standard InChI is InChI=1S/C9H12N2O3S/c12-7(13)5-6-8(14)10-9(15-6)11-3-1-2-4-11/h6H,1-5H2,(H,12,13)/t6-/m1/s1. The Morgan fingerprint density at radius 1 is 1.53 bits per heavy atom. The van der Waals surface area contributed by atoms with Crippen LogP contribution in [0.2, 0.25) is 0 Å². The third kappa shape index (κ3) is 2.31. The summed E-state index contributed by atoms with van der Waals surface area (Å²) >= 11 is 1.29. The molecule has 2 rings (SSSR count). The van der Waals surface area contributed by atoms with Crippen LogP contribution in [0.15, 0.2) is 4.99 Å². The number of thioether (sulfide) groups is 1. The van der Waals surface area contributed by atoms with Crippen LogP contribution in [0, 0.1) is 0 Å². The Kier molecular flexibility index (Phi) is 2.95. The minimum Gasteiger partial charge on any atom is -0.481 e. The number of hydrogen-bond acceptors (Lipinski definition) is 4. The zero-order valence-corrected chi connectivity index (χ0v) is 9.00. The topological polar surface area (TPSA) is 70.0 Å². The second-order valence-electron chi connectivity index (χ2n) is 3.63. The van der Waals surface area contributed by atoms with Crippen molar-refractivity contribution in [3.63, 3.8) is 0 Å². The summed E-state index contributed by atoms with van der Waals surface area (Å²) < 4.78 is 0. The number of nitrogens with zero attached hydrogens (tertiary/aromatic N) is 2. The van der Waals surface area contributed by atoms with Crippen molar-refractivity contribution in [2.45, 2.75) is 24.5 Å². The number of amidine groups is 1. The van der Waals surface area contributed by atoms with Gasteiger partial charge in [0.05, 0.1) is 6.42 Å². The Morgan fingerprint density at radius 2 is 2.20 bits per heavy atom. The summed E-state index contributed by atoms with van der Waals surface area (Å²) in [5.41, 5.74) is 0. The minimum atomic E-state index is -0.946. The highest BCUT2D eigenvalue weighted by atomic mass is 32.2. The molecule has 1 fully saturated rings. The van der Waals surface area contributed by atoms with Gasteiger partial charge in [0.15, 0.2) is 5.17 Å². The molecule has 1 saturated heterocycles. The van der Waals surface area contributed by atoms with Gasteiger partial charge in [-0.1, -0.05) is 11.8 Å². The van der Waals surface area contributed by atoms with Gasteiger partial charge < -0.3 is 10.0 Å². The quantitative estimate of drug-likeness (QED) is 0.747. The monoisotopic (exact) mass is 228 g/mol. The van der Waals surface area contributed by atoms with E-state index in [4.69, 9.17) is 5.11 Å². The maximum atomic E-state index is 11.4. The molecule has 0 unspecified atom stereocenters. The van der Waals surface area contributed by atoms with Crippen molar-refractivity contribution in [3.8, 4) is 0 Å². The SMILES string of the molecule is O=C(O)C[C@H]1SC(N2CCCC2)=NC1=O. The van der Waals surface area contributed by atoms with Crippen LogP contribution in [0.3, 0.4) is 0 Å². The van der Waals surface area contributed by atoms with Crippen LogP contribution in [-0.4, -0.2) is 45.4 Å². The van der Waals surface area contributed by atoms with Gasteiger partial charge in [0, 0.05) is 13.1 Å². The Hall–Kier alpha value is -1.04. The van der Waals surface area contributed by atoms with Crippen molar-refractivity contribution in [2.75, 3.05) is 13.1 Å². The van der Waals surface area contributed by atoms with E-state index < -0.39 is 11.2 Å². The van der Waals surface area contributed by atoms with Gasteiger partial charge in [-0.05, 0) is 12.8 Å². The normalized spacial score (nSPS) is 25.9. The minimum absolute atomic E-state index is 0.135. The summed E-state index contributed by atoms with van der Waals surface area (Å²) in [5, 5.41) is 8.81. The number of carbonyl (C=O) groups excluding carboxylic acids is 1. The second-order valence-corrected chi connectivity index (χ2v) is 4.80. The summed E-state index contributed by atoms with van der Waals surface area (Å²) in [6, 6.07) is 0. The number of aliphatic imine (C=N–C) groups is 1. The van der Waals surface area contributed by atoms with E-state index in [1.54, 1.807) is 0 Å². The molecule has 0 aromatic rings. The molecule has 0 saturated carbocycles. The number of likely N-dealkylation sites (tertiary alicyclic amines) is 1. The average molecular weight is 228 g/mol. The predicted octanol–water partition coefficient (Wildman–Crippen LogP) is 0.555. The summed E-state index contributed by atoms with van der Waals surface area (Å²) in [6.07, 6.45) is 2.11. The van der Waals surface area contributed by atoms with Crippen molar-refractivity contribution in [2.24, 2.45) is 4.99 Å². The molecular weight excluding hydrogens is 216 g/mol. The zero-order chi connectivity index (χ0) is 10.8. The number of amides is 1. The fourth-order valence-corrected chi connectivity index (χ4v) is 2.82. The first-order chi connectivity index (χ1) is 7.16. The molecule has 0 aromatic heterocycles. The van der Waals surface area contributed by atoms with Crippen molar-refractivity contribution < 1.29 is 14.7 Å². The molecule has 2 aliphatic rings. The number of hydrogen-bond donors (Lipinski definition) is 1. The molecule has 6 heteroatoms. The lowest BCUT2D eigenvalue weighted by atomic mass is 10.3. The van der Waals surface area contributed by atoms with Gasteiger partial charge >= 0.3 is 5.97 Å². The molecule has 0 radical (unpaired) electrons. The molecule has 5 nitrogen and oxygen atoms in total. The number of rotatable bonds is 2. The van der Waals surface area contributed by atoms with E-state index in [0.29, 0.717) is 5.17 Å². The van der Waals surface area contributed by atoms with E-state index in [1.165, 1.54) is 11.8 Å². The first kappa shape index (κ1) is 10.5. The van der Waals surface area contributed by atoms with Crippen LogP contribution in [0.4, 0.5) is 0 Å². The van der Waals surface area contributed by atoms with Gasteiger partial charge in [-0.15, -0.1) is 0 Å². The van der Waals surface area contributed by atoms with E-state index in [-0.39, 0.29) is 12.3 Å². The van der Waals surface area contributed by atoms with Gasteiger partial charge in [0.1, 0.15) is 5.25 Å². The lowest BCUT2D eigenvalue weighted by Crippen LogP contribution is -2.24. The third-order valence-electron chi connectivity index (χ3n) is 2.47. The summed E-state index contributed by atoms with van der Waals surface area (Å²) in [5.74, 6) is -1.25. The van der Waals surface area contributed by atoms with Gasteiger partial charge in [-0.2, -0.15) is 4.99 Å². The van der Waals surface area contributed by atoms with Gasteiger partial charge in [-0.25, -0.2) is 0 Å². The maximum Gasteiger partial charge on any atom is 0.305 e. The van der Waals surface area contributed by atoms with E-state index >= 15 is 0 Å². The molecule has 0 aromatic carbocycles. The first-order valence-electron chi connectivity index (χ1n) is 4.93. The van der Waals surface area contributed by atoms with E-state index in [0.717, 1.165) is 25.9 Å². The van der Waals surface area contributed by atoms with Crippen molar-refractivity contribution in [1.29, 1.82) is 0 Å². The smallest absolute Gasteiger partial charge is 0.305 e. The van der Waals surface area contributed by atoms with Crippen molar-refractivity contribution in [3.05, 3.63) is 0 Å². The van der Waals surface area contributed by atoms with Crippen LogP contribution in [0.25, 0.3) is 0 Å².